The van der Waals surface area contributed by atoms with Gasteiger partial charge in [0.2, 0.25) is 11.9 Å². The molecule has 0 unspecified atom stereocenters. The van der Waals surface area contributed by atoms with Crippen LogP contribution in [0.15, 0.2) is 30.5 Å². The average Bonchev–Trinajstić information content (AvgIpc) is 3.13. The lowest BCUT2D eigenvalue weighted by molar-refractivity contribution is -0.184. The van der Waals surface area contributed by atoms with Gasteiger partial charge in [0.15, 0.2) is 0 Å². The number of amides is 1. The Morgan fingerprint density at radius 1 is 1.29 bits per heavy atom. The SMILES string of the molecule is N#Cc1ccnc(N[C@H]2C[C@@H](C(=O)N3OCC[C@H]3c3cc(F)cc(F)c3)C2)n1. The number of nitrogens with zero attached hydrogens (tertiary/aromatic N) is 4. The average molecular weight is 385 g/mol. The fraction of sp³-hybridized carbons (Fsp3) is 0.368. The lowest BCUT2D eigenvalue weighted by Gasteiger charge is -2.37. The Hall–Kier alpha value is -3.12. The number of hydrogen-bond donors (Lipinski definition) is 1. The topological polar surface area (TPSA) is 91.1 Å². The standard InChI is InChI=1S/C19H17F2N5O2/c20-13-5-11(6-14(21)9-13)17-2-4-28-26(17)18(27)12-7-16(8-12)25-19-23-3-1-15(10-22)24-19/h1,3,5-6,9,12,16-17H,2,4,7-8H2,(H,23,24,25)/t12-,16+,17-/m0/s1. The van der Waals surface area contributed by atoms with Gasteiger partial charge in [0.25, 0.3) is 0 Å². The summed E-state index contributed by atoms with van der Waals surface area (Å²) in [4.78, 5) is 26.4. The monoisotopic (exact) mass is 385 g/mol. The summed E-state index contributed by atoms with van der Waals surface area (Å²) in [6.45, 7) is 0.317. The summed E-state index contributed by atoms with van der Waals surface area (Å²) in [5.74, 6) is -1.46. The molecule has 144 valence electrons. The highest BCUT2D eigenvalue weighted by Gasteiger charge is 2.42. The first-order valence-corrected chi connectivity index (χ1v) is 8.95. The predicted octanol–water partition coefficient (Wildman–Crippen LogP) is 2.72. The first-order chi connectivity index (χ1) is 13.5. The molecule has 1 amide bonds. The Kier molecular flexibility index (Phi) is 4.88. The fourth-order valence-electron chi connectivity index (χ4n) is 3.55. The highest BCUT2D eigenvalue weighted by atomic mass is 19.1. The number of aromatic nitrogens is 2. The molecule has 2 aromatic rings. The number of hydrogen-bond acceptors (Lipinski definition) is 6. The molecule has 1 N–H and O–H groups in total. The van der Waals surface area contributed by atoms with Crippen molar-refractivity contribution >= 4 is 11.9 Å². The first kappa shape index (κ1) is 18.3. The largest absolute Gasteiger partial charge is 0.351 e. The molecular formula is C19H17F2N5O2. The van der Waals surface area contributed by atoms with Gasteiger partial charge in [-0.3, -0.25) is 9.63 Å². The van der Waals surface area contributed by atoms with Crippen molar-refractivity contribution in [3.05, 3.63) is 53.4 Å². The quantitative estimate of drug-likeness (QED) is 0.870. The number of halogens is 2. The van der Waals surface area contributed by atoms with E-state index in [-0.39, 0.29) is 23.6 Å². The molecule has 0 bridgehead atoms. The van der Waals surface area contributed by atoms with Crippen molar-refractivity contribution in [2.24, 2.45) is 5.92 Å². The number of nitrogens with one attached hydrogen (secondary N) is 1. The lowest BCUT2D eigenvalue weighted by Crippen LogP contribution is -2.45. The minimum absolute atomic E-state index is 0.00978. The van der Waals surface area contributed by atoms with Crippen LogP contribution in [-0.4, -0.2) is 33.6 Å². The van der Waals surface area contributed by atoms with Crippen molar-refractivity contribution in [2.45, 2.75) is 31.3 Å². The predicted molar refractivity (Wildman–Crippen MR) is 93.4 cm³/mol. The molecule has 1 aromatic carbocycles. The second-order valence-electron chi connectivity index (χ2n) is 6.89. The number of nitriles is 1. The minimum atomic E-state index is -0.679. The molecule has 1 aliphatic heterocycles. The van der Waals surface area contributed by atoms with Crippen molar-refractivity contribution in [1.82, 2.24) is 15.0 Å². The van der Waals surface area contributed by atoms with E-state index in [1.807, 2.05) is 6.07 Å². The molecule has 2 fully saturated rings. The van der Waals surface area contributed by atoms with Gasteiger partial charge in [-0.25, -0.2) is 23.8 Å². The van der Waals surface area contributed by atoms with Crippen molar-refractivity contribution < 1.29 is 18.4 Å². The zero-order chi connectivity index (χ0) is 19.7. The number of hydroxylamine groups is 2. The molecule has 1 saturated carbocycles. The van der Waals surface area contributed by atoms with Crippen LogP contribution in [0.4, 0.5) is 14.7 Å². The van der Waals surface area contributed by atoms with Gasteiger partial charge in [0, 0.05) is 30.6 Å². The van der Waals surface area contributed by atoms with Crippen LogP contribution >= 0.6 is 0 Å². The number of carbonyl (C=O) groups is 1. The Bertz CT molecular complexity index is 922. The number of rotatable bonds is 4. The van der Waals surface area contributed by atoms with Crippen LogP contribution in [0.2, 0.25) is 0 Å². The van der Waals surface area contributed by atoms with Crippen molar-refractivity contribution in [1.29, 1.82) is 5.26 Å². The van der Waals surface area contributed by atoms with E-state index >= 15 is 0 Å². The summed E-state index contributed by atoms with van der Waals surface area (Å²) in [7, 11) is 0. The van der Waals surface area contributed by atoms with E-state index in [9.17, 15) is 13.6 Å². The van der Waals surface area contributed by atoms with Gasteiger partial charge < -0.3 is 5.32 Å². The van der Waals surface area contributed by atoms with E-state index in [1.54, 1.807) is 0 Å². The molecule has 1 aliphatic carbocycles. The van der Waals surface area contributed by atoms with Crippen LogP contribution in [-0.2, 0) is 9.63 Å². The normalized spacial score (nSPS) is 23.8. The number of carbonyl (C=O) groups excluding carboxylic acids is 1. The van der Waals surface area contributed by atoms with E-state index in [1.165, 1.54) is 29.5 Å². The zero-order valence-electron chi connectivity index (χ0n) is 14.8. The van der Waals surface area contributed by atoms with Gasteiger partial charge in [-0.2, -0.15) is 5.26 Å². The molecule has 0 radical (unpaired) electrons. The number of anilines is 1. The fourth-order valence-corrected chi connectivity index (χ4v) is 3.55. The summed E-state index contributed by atoms with van der Waals surface area (Å²) in [5, 5.41) is 13.2. The molecule has 1 aromatic heterocycles. The second kappa shape index (κ2) is 7.48. The second-order valence-corrected chi connectivity index (χ2v) is 6.89. The lowest BCUT2D eigenvalue weighted by atomic mass is 9.79. The van der Waals surface area contributed by atoms with Crippen molar-refractivity contribution in [2.75, 3.05) is 11.9 Å². The van der Waals surface area contributed by atoms with Crippen LogP contribution in [0.1, 0.15) is 36.6 Å². The Morgan fingerprint density at radius 2 is 2.04 bits per heavy atom. The molecular weight excluding hydrogens is 368 g/mol. The summed E-state index contributed by atoms with van der Waals surface area (Å²) >= 11 is 0. The molecule has 28 heavy (non-hydrogen) atoms. The third kappa shape index (κ3) is 3.64. The van der Waals surface area contributed by atoms with Crippen molar-refractivity contribution in [3.8, 4) is 6.07 Å². The van der Waals surface area contributed by atoms with Crippen LogP contribution in [0, 0.1) is 28.9 Å². The third-order valence-electron chi connectivity index (χ3n) is 4.98. The zero-order valence-corrected chi connectivity index (χ0v) is 14.8. The van der Waals surface area contributed by atoms with Gasteiger partial charge in [-0.05, 0) is 36.6 Å². The molecule has 7 nitrogen and oxygen atoms in total. The molecule has 2 heterocycles. The van der Waals surface area contributed by atoms with Gasteiger partial charge in [0.1, 0.15) is 23.4 Å². The Balaban J connectivity index is 1.38. The minimum Gasteiger partial charge on any atom is -0.351 e. The third-order valence-corrected chi connectivity index (χ3v) is 4.98. The highest BCUT2D eigenvalue weighted by Crippen LogP contribution is 2.37. The summed E-state index contributed by atoms with van der Waals surface area (Å²) < 4.78 is 27.1. The van der Waals surface area contributed by atoms with Crippen LogP contribution in [0.5, 0.6) is 0 Å². The van der Waals surface area contributed by atoms with Gasteiger partial charge in [-0.1, -0.05) is 0 Å². The van der Waals surface area contributed by atoms with Crippen LogP contribution in [0.25, 0.3) is 0 Å². The van der Waals surface area contributed by atoms with E-state index in [4.69, 9.17) is 10.1 Å². The van der Waals surface area contributed by atoms with Gasteiger partial charge in [-0.15, -0.1) is 0 Å². The highest BCUT2D eigenvalue weighted by molar-refractivity contribution is 5.79. The Labute approximate surface area is 159 Å². The van der Waals surface area contributed by atoms with E-state index in [2.05, 4.69) is 15.3 Å². The van der Waals surface area contributed by atoms with E-state index < -0.39 is 17.7 Å². The molecule has 9 heteroatoms. The van der Waals surface area contributed by atoms with Crippen molar-refractivity contribution in [3.63, 3.8) is 0 Å². The maximum atomic E-state index is 13.5. The van der Waals surface area contributed by atoms with E-state index in [0.29, 0.717) is 37.4 Å². The number of benzene rings is 1. The maximum Gasteiger partial charge on any atom is 0.249 e. The smallest absolute Gasteiger partial charge is 0.249 e. The molecule has 1 saturated heterocycles. The van der Waals surface area contributed by atoms with Crippen LogP contribution < -0.4 is 5.32 Å². The maximum absolute atomic E-state index is 13.5. The molecule has 2 aliphatic rings. The van der Waals surface area contributed by atoms with E-state index in [0.717, 1.165) is 6.07 Å². The molecule has 1 atom stereocenters. The van der Waals surface area contributed by atoms with Gasteiger partial charge >= 0.3 is 0 Å². The van der Waals surface area contributed by atoms with Gasteiger partial charge in [0.05, 0.1) is 12.6 Å². The summed E-state index contributed by atoms with van der Waals surface area (Å²) in [5.41, 5.74) is 0.652. The van der Waals surface area contributed by atoms with Crippen LogP contribution in [0.3, 0.4) is 0 Å². The summed E-state index contributed by atoms with van der Waals surface area (Å²) in [6.07, 6.45) is 3.10. The Morgan fingerprint density at radius 3 is 2.75 bits per heavy atom. The molecule has 4 rings (SSSR count). The first-order valence-electron chi connectivity index (χ1n) is 8.95. The summed E-state index contributed by atoms with van der Waals surface area (Å²) in [6, 6.07) is 6.23. The molecule has 0 spiro atoms.